The van der Waals surface area contributed by atoms with E-state index in [0.29, 0.717) is 22.8 Å². The molecule has 0 spiro atoms. The van der Waals surface area contributed by atoms with Crippen molar-refractivity contribution in [3.05, 3.63) is 130 Å². The van der Waals surface area contributed by atoms with Gasteiger partial charge >= 0.3 is 0 Å². The van der Waals surface area contributed by atoms with Gasteiger partial charge in [-0.05, 0) is 66.8 Å². The second-order valence-corrected chi connectivity index (χ2v) is 13.3. The molecule has 0 aliphatic rings. The molecule has 0 saturated carbocycles. The molecule has 0 heterocycles. The van der Waals surface area contributed by atoms with Gasteiger partial charge in [0, 0.05) is 24.5 Å². The molecule has 0 aliphatic carbocycles. The third-order valence-electron chi connectivity index (χ3n) is 7.82. The standard InChI is InChI=1S/C36H40ClN3O4S/c1-4-5-23-38-36(42)34(24-29-16-8-6-9-17-29)39(25-30-18-13-12-15-27(30)2)35(41)26-40(33-22-14-21-32(37)28(33)3)45(43,44)31-19-10-7-11-20-31/h6-22,34H,4-5,23-26H2,1-3H3,(H,38,42)/t34-/m0/s1. The number of benzene rings is 4. The van der Waals surface area contributed by atoms with Gasteiger partial charge in [0.15, 0.2) is 0 Å². The number of carbonyl (C=O) groups excluding carboxylic acids is 2. The summed E-state index contributed by atoms with van der Waals surface area (Å²) < 4.78 is 29.4. The lowest BCUT2D eigenvalue weighted by atomic mass is 10.0. The maximum absolute atomic E-state index is 14.6. The van der Waals surface area contributed by atoms with Gasteiger partial charge in [-0.25, -0.2) is 8.42 Å². The van der Waals surface area contributed by atoms with Crippen molar-refractivity contribution in [1.82, 2.24) is 10.2 Å². The molecule has 236 valence electrons. The van der Waals surface area contributed by atoms with E-state index in [1.165, 1.54) is 17.0 Å². The number of anilines is 1. The zero-order valence-corrected chi connectivity index (χ0v) is 27.5. The molecule has 0 fully saturated rings. The van der Waals surface area contributed by atoms with Crippen molar-refractivity contribution in [2.24, 2.45) is 0 Å². The molecule has 0 aliphatic heterocycles. The van der Waals surface area contributed by atoms with E-state index < -0.39 is 28.5 Å². The Balaban J connectivity index is 1.82. The Morgan fingerprint density at radius 3 is 2.16 bits per heavy atom. The molecular formula is C36H40ClN3O4S. The van der Waals surface area contributed by atoms with E-state index in [0.717, 1.165) is 33.8 Å². The Labute approximate surface area is 271 Å². The normalized spacial score (nSPS) is 11.9. The molecule has 9 heteroatoms. The second kappa shape index (κ2) is 15.7. The third kappa shape index (κ3) is 8.53. The zero-order chi connectivity index (χ0) is 32.4. The Bertz CT molecular complexity index is 1700. The molecule has 4 aromatic carbocycles. The third-order valence-corrected chi connectivity index (χ3v) is 10.0. The van der Waals surface area contributed by atoms with Crippen molar-refractivity contribution >= 4 is 39.1 Å². The highest BCUT2D eigenvalue weighted by molar-refractivity contribution is 7.92. The number of aryl methyl sites for hydroxylation is 1. The SMILES string of the molecule is CCCCNC(=O)[C@H](Cc1ccccc1)N(Cc1ccccc1C)C(=O)CN(c1cccc(Cl)c1C)S(=O)(=O)c1ccccc1. The van der Waals surface area contributed by atoms with Crippen LogP contribution in [0.25, 0.3) is 0 Å². The topological polar surface area (TPSA) is 86.8 Å². The summed E-state index contributed by atoms with van der Waals surface area (Å²) in [4.78, 5) is 30.0. The van der Waals surface area contributed by atoms with Gasteiger partial charge in [0.1, 0.15) is 12.6 Å². The first-order chi connectivity index (χ1) is 21.6. The summed E-state index contributed by atoms with van der Waals surface area (Å²) in [6.45, 7) is 5.79. The molecule has 7 nitrogen and oxygen atoms in total. The van der Waals surface area contributed by atoms with Crippen LogP contribution >= 0.6 is 11.6 Å². The van der Waals surface area contributed by atoms with E-state index in [4.69, 9.17) is 11.6 Å². The summed E-state index contributed by atoms with van der Waals surface area (Å²) in [5, 5.41) is 3.39. The first-order valence-corrected chi connectivity index (χ1v) is 16.9. The fourth-order valence-corrected chi connectivity index (χ4v) is 6.79. The number of hydrogen-bond donors (Lipinski definition) is 1. The number of carbonyl (C=O) groups is 2. The van der Waals surface area contributed by atoms with Crippen LogP contribution in [0.1, 0.15) is 42.0 Å². The molecule has 1 atom stereocenters. The van der Waals surface area contributed by atoms with Crippen LogP contribution in [0.5, 0.6) is 0 Å². The Hall–Kier alpha value is -4.14. The average molecular weight is 646 g/mol. The van der Waals surface area contributed by atoms with Crippen molar-refractivity contribution < 1.29 is 18.0 Å². The number of sulfonamides is 1. The molecular weight excluding hydrogens is 606 g/mol. The summed E-state index contributed by atoms with van der Waals surface area (Å²) >= 11 is 6.45. The van der Waals surface area contributed by atoms with E-state index in [1.54, 1.807) is 43.3 Å². The van der Waals surface area contributed by atoms with Gasteiger partial charge in [0.25, 0.3) is 10.0 Å². The number of halogens is 1. The quantitative estimate of drug-likeness (QED) is 0.155. The molecule has 4 aromatic rings. The van der Waals surface area contributed by atoms with Gasteiger partial charge < -0.3 is 10.2 Å². The number of nitrogens with zero attached hydrogens (tertiary/aromatic N) is 2. The molecule has 0 unspecified atom stereocenters. The zero-order valence-electron chi connectivity index (χ0n) is 25.9. The summed E-state index contributed by atoms with van der Waals surface area (Å²) in [5.41, 5.74) is 3.52. The predicted molar refractivity (Wildman–Crippen MR) is 181 cm³/mol. The van der Waals surface area contributed by atoms with Gasteiger partial charge in [0.05, 0.1) is 10.6 Å². The Morgan fingerprint density at radius 2 is 1.49 bits per heavy atom. The molecule has 0 bridgehead atoms. The summed E-state index contributed by atoms with van der Waals surface area (Å²) in [6.07, 6.45) is 1.96. The maximum Gasteiger partial charge on any atom is 0.264 e. The van der Waals surface area contributed by atoms with Gasteiger partial charge in [-0.3, -0.25) is 13.9 Å². The molecule has 1 N–H and O–H groups in total. The summed E-state index contributed by atoms with van der Waals surface area (Å²) in [5.74, 6) is -0.797. The van der Waals surface area contributed by atoms with Gasteiger partial charge in [-0.2, -0.15) is 0 Å². The van der Waals surface area contributed by atoms with E-state index >= 15 is 0 Å². The fourth-order valence-electron chi connectivity index (χ4n) is 5.13. The number of amides is 2. The Morgan fingerprint density at radius 1 is 0.844 bits per heavy atom. The van der Waals surface area contributed by atoms with Crippen LogP contribution in [0, 0.1) is 13.8 Å². The lowest BCUT2D eigenvalue weighted by Gasteiger charge is -2.34. The van der Waals surface area contributed by atoms with Crippen molar-refractivity contribution in [3.63, 3.8) is 0 Å². The van der Waals surface area contributed by atoms with E-state index in [9.17, 15) is 18.0 Å². The number of hydrogen-bond acceptors (Lipinski definition) is 4. The fraction of sp³-hybridized carbons (Fsp3) is 0.278. The lowest BCUT2D eigenvalue weighted by molar-refractivity contribution is -0.140. The van der Waals surface area contributed by atoms with E-state index in [1.807, 2.05) is 68.4 Å². The van der Waals surface area contributed by atoms with Crippen LogP contribution in [-0.4, -0.2) is 44.3 Å². The minimum absolute atomic E-state index is 0.0424. The van der Waals surface area contributed by atoms with Crippen molar-refractivity contribution in [3.8, 4) is 0 Å². The van der Waals surface area contributed by atoms with Crippen LogP contribution in [0.2, 0.25) is 5.02 Å². The van der Waals surface area contributed by atoms with Crippen molar-refractivity contribution in [1.29, 1.82) is 0 Å². The molecule has 0 radical (unpaired) electrons. The number of unbranched alkanes of at least 4 members (excludes halogenated alkanes) is 1. The number of rotatable bonds is 14. The number of nitrogens with one attached hydrogen (secondary N) is 1. The predicted octanol–water partition coefficient (Wildman–Crippen LogP) is 6.71. The minimum atomic E-state index is -4.20. The van der Waals surface area contributed by atoms with Crippen LogP contribution < -0.4 is 9.62 Å². The van der Waals surface area contributed by atoms with E-state index in [-0.39, 0.29) is 23.8 Å². The average Bonchev–Trinajstić information content (AvgIpc) is 3.04. The largest absolute Gasteiger partial charge is 0.354 e. The van der Waals surface area contributed by atoms with Crippen molar-refractivity contribution in [2.45, 2.75) is 57.5 Å². The van der Waals surface area contributed by atoms with Crippen LogP contribution in [-0.2, 0) is 32.6 Å². The second-order valence-electron chi connectivity index (χ2n) is 11.0. The Kier molecular flexibility index (Phi) is 11.8. The summed E-state index contributed by atoms with van der Waals surface area (Å²) in [6, 6.07) is 29.3. The van der Waals surface area contributed by atoms with Crippen LogP contribution in [0.3, 0.4) is 0 Å². The molecule has 2 amide bonds. The first-order valence-electron chi connectivity index (χ1n) is 15.1. The van der Waals surface area contributed by atoms with E-state index in [2.05, 4.69) is 5.32 Å². The lowest BCUT2D eigenvalue weighted by Crippen LogP contribution is -2.53. The smallest absolute Gasteiger partial charge is 0.264 e. The minimum Gasteiger partial charge on any atom is -0.354 e. The van der Waals surface area contributed by atoms with Gasteiger partial charge in [0.2, 0.25) is 11.8 Å². The summed E-state index contributed by atoms with van der Waals surface area (Å²) in [7, 11) is -4.20. The van der Waals surface area contributed by atoms with Crippen LogP contribution in [0.15, 0.2) is 108 Å². The highest BCUT2D eigenvalue weighted by Gasteiger charge is 2.35. The highest BCUT2D eigenvalue weighted by atomic mass is 35.5. The molecule has 4 rings (SSSR count). The van der Waals surface area contributed by atoms with Crippen molar-refractivity contribution in [2.75, 3.05) is 17.4 Å². The molecule has 0 saturated heterocycles. The monoisotopic (exact) mass is 645 g/mol. The molecule has 0 aromatic heterocycles. The first kappa shape index (κ1) is 33.7. The maximum atomic E-state index is 14.6. The van der Waals surface area contributed by atoms with Gasteiger partial charge in [-0.1, -0.05) is 104 Å². The molecule has 45 heavy (non-hydrogen) atoms. The van der Waals surface area contributed by atoms with Crippen LogP contribution in [0.4, 0.5) is 5.69 Å². The van der Waals surface area contributed by atoms with Gasteiger partial charge in [-0.15, -0.1) is 0 Å². The highest BCUT2D eigenvalue weighted by Crippen LogP contribution is 2.31.